The summed E-state index contributed by atoms with van der Waals surface area (Å²) >= 11 is 9.23. The highest BCUT2D eigenvalue weighted by Gasteiger charge is 2.11. The van der Waals surface area contributed by atoms with Gasteiger partial charge in [-0.2, -0.15) is 5.10 Å². The molecule has 4 rings (SSSR count). The van der Waals surface area contributed by atoms with Crippen LogP contribution in [0.15, 0.2) is 86.8 Å². The lowest BCUT2D eigenvalue weighted by molar-refractivity contribution is -0.123. The molecule has 0 saturated carbocycles. The first-order valence-electron chi connectivity index (χ1n) is 9.24. The molecule has 31 heavy (non-hydrogen) atoms. The summed E-state index contributed by atoms with van der Waals surface area (Å²) in [5.74, 6) is 1.46. The van der Waals surface area contributed by atoms with Crippen molar-refractivity contribution < 1.29 is 18.7 Å². The first-order chi connectivity index (χ1) is 15.1. The van der Waals surface area contributed by atoms with E-state index in [0.29, 0.717) is 26.8 Å². The Morgan fingerprint density at radius 2 is 1.87 bits per heavy atom. The Hall–Kier alpha value is -3.29. The number of fused-ring (bicyclic) bond motifs is 1. The maximum absolute atomic E-state index is 12.1. The minimum absolute atomic E-state index is 0.169. The first-order valence-corrected chi connectivity index (χ1v) is 10.4. The van der Waals surface area contributed by atoms with E-state index in [0.717, 1.165) is 10.8 Å². The number of rotatable bonds is 7. The molecule has 1 aromatic heterocycles. The Labute approximate surface area is 191 Å². The van der Waals surface area contributed by atoms with Crippen LogP contribution in [0.5, 0.6) is 17.4 Å². The summed E-state index contributed by atoms with van der Waals surface area (Å²) in [4.78, 5) is 12.1. The third kappa shape index (κ3) is 5.45. The highest BCUT2D eigenvalue weighted by atomic mass is 79.9. The van der Waals surface area contributed by atoms with Crippen LogP contribution in [-0.4, -0.2) is 18.7 Å². The van der Waals surface area contributed by atoms with Gasteiger partial charge in [0.25, 0.3) is 5.91 Å². The van der Waals surface area contributed by atoms with Crippen LogP contribution in [0.25, 0.3) is 10.8 Å². The Morgan fingerprint density at radius 3 is 2.71 bits per heavy atom. The molecule has 0 spiro atoms. The van der Waals surface area contributed by atoms with Crippen molar-refractivity contribution in [3.8, 4) is 17.4 Å². The number of nitrogens with one attached hydrogen (secondary N) is 1. The predicted molar refractivity (Wildman–Crippen MR) is 123 cm³/mol. The van der Waals surface area contributed by atoms with E-state index in [1.165, 1.54) is 6.21 Å². The number of ether oxygens (including phenoxy) is 2. The van der Waals surface area contributed by atoms with Crippen molar-refractivity contribution in [2.45, 2.75) is 0 Å². The number of halogens is 2. The number of hydrazone groups is 1. The SMILES string of the molecule is O=C(COc1cccc2ccccc12)N/N=C/c1cc(Br)c(Oc2ccc(Cl)cc2)o1. The minimum Gasteiger partial charge on any atom is -0.483 e. The molecule has 0 aliphatic carbocycles. The number of benzene rings is 3. The quantitative estimate of drug-likeness (QED) is 0.244. The summed E-state index contributed by atoms with van der Waals surface area (Å²) in [6.45, 7) is -0.169. The van der Waals surface area contributed by atoms with Gasteiger partial charge in [0.1, 0.15) is 16.0 Å². The molecule has 8 heteroatoms. The first kappa shape index (κ1) is 21.0. The zero-order chi connectivity index (χ0) is 21.6. The molecule has 0 fully saturated rings. The fraction of sp³-hybridized carbons (Fsp3) is 0.0435. The van der Waals surface area contributed by atoms with Crippen LogP contribution in [0, 0.1) is 0 Å². The van der Waals surface area contributed by atoms with Crippen LogP contribution in [0.3, 0.4) is 0 Å². The van der Waals surface area contributed by atoms with E-state index in [1.807, 2.05) is 42.5 Å². The van der Waals surface area contributed by atoms with E-state index in [9.17, 15) is 4.79 Å². The van der Waals surface area contributed by atoms with Gasteiger partial charge in [-0.05, 0) is 51.6 Å². The van der Waals surface area contributed by atoms with Crippen molar-refractivity contribution in [2.24, 2.45) is 5.10 Å². The fourth-order valence-electron chi connectivity index (χ4n) is 2.78. The minimum atomic E-state index is -0.396. The summed E-state index contributed by atoms with van der Waals surface area (Å²) in [5.41, 5.74) is 2.41. The smallest absolute Gasteiger partial charge is 0.305 e. The van der Waals surface area contributed by atoms with E-state index < -0.39 is 5.91 Å². The molecule has 0 atom stereocenters. The Balaban J connectivity index is 1.32. The van der Waals surface area contributed by atoms with Gasteiger partial charge in [0.05, 0.1) is 6.21 Å². The van der Waals surface area contributed by atoms with Crippen LogP contribution < -0.4 is 14.9 Å². The normalized spacial score (nSPS) is 11.0. The summed E-state index contributed by atoms with van der Waals surface area (Å²) in [6.07, 6.45) is 1.37. The van der Waals surface area contributed by atoms with Gasteiger partial charge in [-0.25, -0.2) is 5.43 Å². The summed E-state index contributed by atoms with van der Waals surface area (Å²) in [5, 5.41) is 6.49. The van der Waals surface area contributed by atoms with E-state index >= 15 is 0 Å². The third-order valence-electron chi connectivity index (χ3n) is 4.19. The van der Waals surface area contributed by atoms with Gasteiger partial charge in [-0.3, -0.25) is 4.79 Å². The topological polar surface area (TPSA) is 73.1 Å². The van der Waals surface area contributed by atoms with E-state index in [4.69, 9.17) is 25.5 Å². The molecule has 1 amide bonds. The molecule has 3 aromatic carbocycles. The second-order valence-electron chi connectivity index (χ2n) is 6.40. The lowest BCUT2D eigenvalue weighted by Crippen LogP contribution is -2.24. The fourth-order valence-corrected chi connectivity index (χ4v) is 3.29. The van der Waals surface area contributed by atoms with Gasteiger partial charge in [-0.15, -0.1) is 0 Å². The highest BCUT2D eigenvalue weighted by Crippen LogP contribution is 2.32. The third-order valence-corrected chi connectivity index (χ3v) is 4.99. The second kappa shape index (κ2) is 9.68. The maximum atomic E-state index is 12.1. The van der Waals surface area contributed by atoms with Crippen molar-refractivity contribution in [3.63, 3.8) is 0 Å². The van der Waals surface area contributed by atoms with Gasteiger partial charge in [0.15, 0.2) is 12.4 Å². The Bertz CT molecular complexity index is 1230. The van der Waals surface area contributed by atoms with Gasteiger partial charge in [0.2, 0.25) is 0 Å². The van der Waals surface area contributed by atoms with Crippen molar-refractivity contribution in [3.05, 3.63) is 88.1 Å². The van der Waals surface area contributed by atoms with Gasteiger partial charge < -0.3 is 13.9 Å². The summed E-state index contributed by atoms with van der Waals surface area (Å²) < 4.78 is 17.5. The number of hydrogen-bond acceptors (Lipinski definition) is 5. The molecular formula is C23H16BrClN2O4. The zero-order valence-electron chi connectivity index (χ0n) is 16.0. The largest absolute Gasteiger partial charge is 0.483 e. The van der Waals surface area contributed by atoms with Crippen LogP contribution in [-0.2, 0) is 4.79 Å². The predicted octanol–water partition coefficient (Wildman–Crippen LogP) is 6.17. The number of amides is 1. The average molecular weight is 500 g/mol. The molecule has 156 valence electrons. The second-order valence-corrected chi connectivity index (χ2v) is 7.69. The van der Waals surface area contributed by atoms with Gasteiger partial charge in [-0.1, -0.05) is 48.0 Å². The van der Waals surface area contributed by atoms with Crippen LogP contribution >= 0.6 is 27.5 Å². The molecule has 0 radical (unpaired) electrons. The molecule has 0 aliphatic heterocycles. The van der Waals surface area contributed by atoms with Crippen LogP contribution in [0.1, 0.15) is 5.76 Å². The molecule has 0 unspecified atom stereocenters. The standard InChI is InChI=1S/C23H16BrClN2O4/c24-20-12-18(31-23(20)30-17-10-8-16(25)9-11-17)13-26-27-22(28)14-29-21-7-3-5-15-4-1-2-6-19(15)21/h1-13H,14H2,(H,27,28)/b26-13+. The molecule has 4 aromatic rings. The summed E-state index contributed by atoms with van der Waals surface area (Å²) in [6, 6.07) is 22.0. The Morgan fingerprint density at radius 1 is 1.10 bits per heavy atom. The number of furan rings is 1. The number of carbonyl (C=O) groups excluding carboxylic acids is 1. The van der Waals surface area contributed by atoms with Crippen molar-refractivity contribution in [1.82, 2.24) is 5.43 Å². The monoisotopic (exact) mass is 498 g/mol. The molecule has 0 bridgehead atoms. The van der Waals surface area contributed by atoms with Crippen molar-refractivity contribution >= 4 is 50.4 Å². The van der Waals surface area contributed by atoms with E-state index in [2.05, 4.69) is 26.5 Å². The molecule has 1 N–H and O–H groups in total. The maximum Gasteiger partial charge on any atom is 0.305 e. The van der Waals surface area contributed by atoms with Crippen molar-refractivity contribution in [1.29, 1.82) is 0 Å². The zero-order valence-corrected chi connectivity index (χ0v) is 18.4. The average Bonchev–Trinajstić information content (AvgIpc) is 3.12. The van der Waals surface area contributed by atoms with Gasteiger partial charge >= 0.3 is 5.95 Å². The molecule has 0 aliphatic rings. The summed E-state index contributed by atoms with van der Waals surface area (Å²) in [7, 11) is 0. The number of nitrogens with zero attached hydrogens (tertiary/aromatic N) is 1. The lowest BCUT2D eigenvalue weighted by atomic mass is 10.1. The molecular weight excluding hydrogens is 484 g/mol. The number of hydrogen-bond donors (Lipinski definition) is 1. The molecule has 6 nitrogen and oxygen atoms in total. The Kier molecular flexibility index (Phi) is 6.54. The molecule has 0 saturated heterocycles. The van der Waals surface area contributed by atoms with E-state index in [-0.39, 0.29) is 12.6 Å². The molecule has 1 heterocycles. The number of carbonyl (C=O) groups is 1. The lowest BCUT2D eigenvalue weighted by Gasteiger charge is -2.08. The van der Waals surface area contributed by atoms with Gasteiger partial charge in [0, 0.05) is 16.5 Å². The van der Waals surface area contributed by atoms with Crippen LogP contribution in [0.2, 0.25) is 5.02 Å². The van der Waals surface area contributed by atoms with E-state index in [1.54, 1.807) is 30.3 Å². The van der Waals surface area contributed by atoms with Crippen LogP contribution in [0.4, 0.5) is 0 Å². The van der Waals surface area contributed by atoms with Crippen molar-refractivity contribution in [2.75, 3.05) is 6.61 Å². The highest BCUT2D eigenvalue weighted by molar-refractivity contribution is 9.10.